The molecule has 1 heterocycles. The SMILES string of the molecule is Nc1cccc(Cc2ccccc2)n1. The Kier molecular flexibility index (Phi) is 2.45. The van der Waals surface area contributed by atoms with Crippen LogP contribution < -0.4 is 5.73 Å². The lowest BCUT2D eigenvalue weighted by molar-refractivity contribution is 1.08. The Balaban J connectivity index is 2.19. The predicted molar refractivity (Wildman–Crippen MR) is 57.9 cm³/mol. The zero-order chi connectivity index (χ0) is 9.80. The third-order valence-electron chi connectivity index (χ3n) is 2.06. The summed E-state index contributed by atoms with van der Waals surface area (Å²) >= 11 is 0. The number of benzene rings is 1. The minimum absolute atomic E-state index is 0.582. The van der Waals surface area contributed by atoms with Crippen LogP contribution in [0.25, 0.3) is 0 Å². The minimum Gasteiger partial charge on any atom is -0.384 e. The molecule has 1 aromatic carbocycles. The van der Waals surface area contributed by atoms with Crippen LogP contribution in [0.2, 0.25) is 0 Å². The first kappa shape index (κ1) is 8.75. The van der Waals surface area contributed by atoms with Gasteiger partial charge in [-0.3, -0.25) is 0 Å². The molecule has 0 bridgehead atoms. The highest BCUT2D eigenvalue weighted by atomic mass is 14.8. The molecule has 0 fully saturated rings. The van der Waals surface area contributed by atoms with Crippen molar-refractivity contribution in [3.63, 3.8) is 0 Å². The molecular weight excluding hydrogens is 172 g/mol. The van der Waals surface area contributed by atoms with E-state index >= 15 is 0 Å². The van der Waals surface area contributed by atoms with Gasteiger partial charge in [-0.05, 0) is 17.7 Å². The quantitative estimate of drug-likeness (QED) is 0.777. The van der Waals surface area contributed by atoms with E-state index in [1.54, 1.807) is 6.07 Å². The average Bonchev–Trinajstić information content (AvgIpc) is 2.19. The van der Waals surface area contributed by atoms with Gasteiger partial charge in [0.25, 0.3) is 0 Å². The molecule has 0 atom stereocenters. The molecule has 0 aliphatic heterocycles. The fourth-order valence-corrected chi connectivity index (χ4v) is 1.40. The smallest absolute Gasteiger partial charge is 0.123 e. The average molecular weight is 184 g/mol. The minimum atomic E-state index is 0.582. The van der Waals surface area contributed by atoms with Crippen LogP contribution in [0, 0.1) is 0 Å². The van der Waals surface area contributed by atoms with Crippen LogP contribution >= 0.6 is 0 Å². The van der Waals surface area contributed by atoms with E-state index in [-0.39, 0.29) is 0 Å². The van der Waals surface area contributed by atoms with Gasteiger partial charge in [0.15, 0.2) is 0 Å². The second-order valence-corrected chi connectivity index (χ2v) is 3.22. The second kappa shape index (κ2) is 3.92. The monoisotopic (exact) mass is 184 g/mol. The van der Waals surface area contributed by atoms with E-state index in [0.29, 0.717) is 5.82 Å². The molecule has 14 heavy (non-hydrogen) atoms. The molecule has 0 unspecified atom stereocenters. The summed E-state index contributed by atoms with van der Waals surface area (Å²) in [4.78, 5) is 4.25. The van der Waals surface area contributed by atoms with Gasteiger partial charge in [0, 0.05) is 12.1 Å². The molecule has 0 amide bonds. The highest BCUT2D eigenvalue weighted by Crippen LogP contribution is 2.08. The first-order chi connectivity index (χ1) is 6.84. The van der Waals surface area contributed by atoms with Crippen molar-refractivity contribution in [2.45, 2.75) is 6.42 Å². The van der Waals surface area contributed by atoms with E-state index in [0.717, 1.165) is 12.1 Å². The molecular formula is C12H12N2. The van der Waals surface area contributed by atoms with E-state index in [4.69, 9.17) is 5.73 Å². The number of anilines is 1. The van der Waals surface area contributed by atoms with Gasteiger partial charge in [-0.25, -0.2) is 4.98 Å². The predicted octanol–water partition coefficient (Wildman–Crippen LogP) is 2.25. The normalized spacial score (nSPS) is 10.0. The maximum Gasteiger partial charge on any atom is 0.123 e. The molecule has 0 saturated heterocycles. The number of rotatable bonds is 2. The van der Waals surface area contributed by atoms with E-state index in [2.05, 4.69) is 17.1 Å². The van der Waals surface area contributed by atoms with Crippen molar-refractivity contribution < 1.29 is 0 Å². The van der Waals surface area contributed by atoms with Gasteiger partial charge >= 0.3 is 0 Å². The van der Waals surface area contributed by atoms with Crippen molar-refractivity contribution in [2.75, 3.05) is 5.73 Å². The third kappa shape index (κ3) is 2.10. The zero-order valence-corrected chi connectivity index (χ0v) is 7.85. The fraction of sp³-hybridized carbons (Fsp3) is 0.0833. The van der Waals surface area contributed by atoms with Crippen molar-refractivity contribution in [3.05, 3.63) is 59.8 Å². The van der Waals surface area contributed by atoms with Crippen LogP contribution in [0.15, 0.2) is 48.5 Å². The maximum absolute atomic E-state index is 5.60. The molecule has 0 aliphatic rings. The van der Waals surface area contributed by atoms with Crippen molar-refractivity contribution in [2.24, 2.45) is 0 Å². The van der Waals surface area contributed by atoms with Gasteiger partial charge in [-0.1, -0.05) is 36.4 Å². The standard InChI is InChI=1S/C12H12N2/c13-12-8-4-7-11(14-12)9-10-5-2-1-3-6-10/h1-8H,9H2,(H2,13,14). The summed E-state index contributed by atoms with van der Waals surface area (Å²) in [5.74, 6) is 0.582. The lowest BCUT2D eigenvalue weighted by Gasteiger charge is -2.01. The molecule has 0 radical (unpaired) electrons. The molecule has 0 spiro atoms. The first-order valence-corrected chi connectivity index (χ1v) is 4.60. The molecule has 2 heteroatoms. The number of hydrogen-bond donors (Lipinski definition) is 1. The summed E-state index contributed by atoms with van der Waals surface area (Å²) in [5, 5.41) is 0. The molecule has 1 aromatic heterocycles. The number of nitrogens with two attached hydrogens (primary N) is 1. The molecule has 2 nitrogen and oxygen atoms in total. The van der Waals surface area contributed by atoms with E-state index in [1.807, 2.05) is 30.3 Å². The summed E-state index contributed by atoms with van der Waals surface area (Å²) in [5.41, 5.74) is 7.87. The molecule has 70 valence electrons. The van der Waals surface area contributed by atoms with E-state index < -0.39 is 0 Å². The lowest BCUT2D eigenvalue weighted by Crippen LogP contribution is -1.95. The summed E-state index contributed by atoms with van der Waals surface area (Å²) in [7, 11) is 0. The van der Waals surface area contributed by atoms with Gasteiger partial charge in [-0.2, -0.15) is 0 Å². The Morgan fingerprint density at radius 3 is 2.43 bits per heavy atom. The first-order valence-electron chi connectivity index (χ1n) is 4.60. The van der Waals surface area contributed by atoms with Gasteiger partial charge in [-0.15, -0.1) is 0 Å². The van der Waals surface area contributed by atoms with Crippen molar-refractivity contribution in [1.82, 2.24) is 4.98 Å². The summed E-state index contributed by atoms with van der Waals surface area (Å²) in [6.45, 7) is 0. The highest BCUT2D eigenvalue weighted by Gasteiger charge is 1.96. The van der Waals surface area contributed by atoms with Crippen LogP contribution in [0.3, 0.4) is 0 Å². The van der Waals surface area contributed by atoms with Gasteiger partial charge < -0.3 is 5.73 Å². The van der Waals surface area contributed by atoms with Gasteiger partial charge in [0.1, 0.15) is 5.82 Å². The van der Waals surface area contributed by atoms with Gasteiger partial charge in [0.2, 0.25) is 0 Å². The number of aromatic nitrogens is 1. The Bertz CT molecular complexity index is 410. The summed E-state index contributed by atoms with van der Waals surface area (Å²) in [6, 6.07) is 16.0. The van der Waals surface area contributed by atoms with Crippen LogP contribution in [-0.2, 0) is 6.42 Å². The summed E-state index contributed by atoms with van der Waals surface area (Å²) in [6.07, 6.45) is 0.839. The molecule has 0 saturated carbocycles. The zero-order valence-electron chi connectivity index (χ0n) is 7.85. The van der Waals surface area contributed by atoms with Crippen molar-refractivity contribution in [3.8, 4) is 0 Å². The fourth-order valence-electron chi connectivity index (χ4n) is 1.40. The van der Waals surface area contributed by atoms with Crippen LogP contribution in [-0.4, -0.2) is 4.98 Å². The third-order valence-corrected chi connectivity index (χ3v) is 2.06. The molecule has 2 N–H and O–H groups in total. The Morgan fingerprint density at radius 2 is 1.71 bits per heavy atom. The van der Waals surface area contributed by atoms with E-state index in [1.165, 1.54) is 5.56 Å². The van der Waals surface area contributed by atoms with Crippen LogP contribution in [0.4, 0.5) is 5.82 Å². The Labute approximate surface area is 83.4 Å². The number of hydrogen-bond acceptors (Lipinski definition) is 2. The maximum atomic E-state index is 5.60. The van der Waals surface area contributed by atoms with Crippen LogP contribution in [0.5, 0.6) is 0 Å². The largest absolute Gasteiger partial charge is 0.384 e. The number of pyridine rings is 1. The Morgan fingerprint density at radius 1 is 0.929 bits per heavy atom. The Hall–Kier alpha value is -1.83. The molecule has 2 aromatic rings. The number of nitrogen functional groups attached to an aromatic ring is 1. The molecule has 2 rings (SSSR count). The molecule has 0 aliphatic carbocycles. The van der Waals surface area contributed by atoms with Gasteiger partial charge in [0.05, 0.1) is 0 Å². The lowest BCUT2D eigenvalue weighted by atomic mass is 10.1. The number of nitrogens with zero attached hydrogens (tertiary/aromatic N) is 1. The second-order valence-electron chi connectivity index (χ2n) is 3.22. The highest BCUT2D eigenvalue weighted by molar-refractivity contribution is 5.31. The van der Waals surface area contributed by atoms with Crippen molar-refractivity contribution >= 4 is 5.82 Å². The topological polar surface area (TPSA) is 38.9 Å². The van der Waals surface area contributed by atoms with Crippen molar-refractivity contribution in [1.29, 1.82) is 0 Å². The summed E-state index contributed by atoms with van der Waals surface area (Å²) < 4.78 is 0. The van der Waals surface area contributed by atoms with E-state index in [9.17, 15) is 0 Å². The van der Waals surface area contributed by atoms with Crippen LogP contribution in [0.1, 0.15) is 11.3 Å².